The lowest BCUT2D eigenvalue weighted by molar-refractivity contribution is -0.385. The van der Waals surface area contributed by atoms with Gasteiger partial charge < -0.3 is 0 Å². The summed E-state index contributed by atoms with van der Waals surface area (Å²) in [6.45, 7) is 3.65. The molecule has 9 nitrogen and oxygen atoms in total. The molecule has 0 bridgehead atoms. The van der Waals surface area contributed by atoms with E-state index in [9.17, 15) is 10.1 Å². The Balaban J connectivity index is 1.71. The van der Waals surface area contributed by atoms with Crippen LogP contribution in [0.3, 0.4) is 0 Å². The molecule has 4 heterocycles. The second-order valence-electron chi connectivity index (χ2n) is 6.31. The molecule has 1 aromatic carbocycles. The number of rotatable bonds is 3. The number of fused-ring (bicyclic) bond motifs is 2. The van der Waals surface area contributed by atoms with Gasteiger partial charge in [-0.1, -0.05) is 29.5 Å². The maximum absolute atomic E-state index is 11.3. The first-order valence-electron chi connectivity index (χ1n) is 8.45. The fraction of sp³-hybridized carbons (Fsp3) is 0.111. The minimum absolute atomic E-state index is 0.0707. The Morgan fingerprint density at radius 2 is 1.96 bits per heavy atom. The molecule has 0 amide bonds. The molecule has 0 aliphatic carbocycles. The summed E-state index contributed by atoms with van der Waals surface area (Å²) < 4.78 is 3.62. The highest BCUT2D eigenvalue weighted by molar-refractivity contribution is 7.19. The third-order valence-corrected chi connectivity index (χ3v) is 5.57. The molecule has 0 aliphatic heterocycles. The van der Waals surface area contributed by atoms with E-state index in [2.05, 4.69) is 20.3 Å². The van der Waals surface area contributed by atoms with Crippen molar-refractivity contribution >= 4 is 27.6 Å². The molecule has 0 spiro atoms. The summed E-state index contributed by atoms with van der Waals surface area (Å²) in [5.41, 5.74) is 3.81. The quantitative estimate of drug-likeness (QED) is 0.343. The van der Waals surface area contributed by atoms with Crippen LogP contribution in [0.15, 0.2) is 42.6 Å². The van der Waals surface area contributed by atoms with E-state index in [4.69, 9.17) is 0 Å². The molecular weight excluding hydrogens is 378 g/mol. The topological polar surface area (TPSA) is 104 Å². The lowest BCUT2D eigenvalue weighted by Gasteiger charge is -2.02. The van der Waals surface area contributed by atoms with E-state index < -0.39 is 0 Å². The minimum Gasteiger partial charge on any atom is -0.297 e. The highest BCUT2D eigenvalue weighted by atomic mass is 32.1. The second-order valence-corrected chi connectivity index (χ2v) is 7.26. The number of hydrogen-bond donors (Lipinski definition) is 0. The SMILES string of the molecule is Cc1nc2ccccn2c1-c1nnc2sc(-c3cccc([N+](=O)[O-])c3C)nn12. The van der Waals surface area contributed by atoms with Gasteiger partial charge in [0.25, 0.3) is 5.69 Å². The highest BCUT2D eigenvalue weighted by Gasteiger charge is 2.22. The van der Waals surface area contributed by atoms with Crippen LogP contribution in [0.1, 0.15) is 11.3 Å². The minimum atomic E-state index is -0.383. The third kappa shape index (κ3) is 2.31. The van der Waals surface area contributed by atoms with Crippen molar-refractivity contribution in [2.24, 2.45) is 0 Å². The normalized spacial score (nSPS) is 11.5. The Morgan fingerprint density at radius 1 is 1.11 bits per heavy atom. The highest BCUT2D eigenvalue weighted by Crippen LogP contribution is 2.34. The average Bonchev–Trinajstić information content (AvgIpc) is 3.33. The van der Waals surface area contributed by atoms with E-state index >= 15 is 0 Å². The first-order chi connectivity index (χ1) is 13.5. The molecule has 10 heteroatoms. The number of hydrogen-bond acceptors (Lipinski definition) is 7. The Morgan fingerprint density at radius 3 is 2.79 bits per heavy atom. The monoisotopic (exact) mass is 391 g/mol. The molecule has 0 saturated heterocycles. The van der Waals surface area contributed by atoms with Crippen molar-refractivity contribution in [1.82, 2.24) is 29.2 Å². The summed E-state index contributed by atoms with van der Waals surface area (Å²) >= 11 is 1.34. The number of nitro groups is 1. The molecule has 28 heavy (non-hydrogen) atoms. The van der Waals surface area contributed by atoms with Crippen LogP contribution in [0.25, 0.3) is 32.7 Å². The molecule has 0 N–H and O–H groups in total. The van der Waals surface area contributed by atoms with Gasteiger partial charge in [0, 0.05) is 23.4 Å². The van der Waals surface area contributed by atoms with E-state index in [1.165, 1.54) is 17.4 Å². The number of imidazole rings is 1. The molecule has 138 valence electrons. The summed E-state index contributed by atoms with van der Waals surface area (Å²) in [6.07, 6.45) is 1.92. The summed E-state index contributed by atoms with van der Waals surface area (Å²) in [7, 11) is 0. The van der Waals surface area contributed by atoms with Crippen molar-refractivity contribution < 1.29 is 4.92 Å². The summed E-state index contributed by atoms with van der Waals surface area (Å²) in [5, 5.41) is 25.1. The van der Waals surface area contributed by atoms with Gasteiger partial charge >= 0.3 is 0 Å². The Bertz CT molecular complexity index is 1380. The van der Waals surface area contributed by atoms with E-state index in [1.54, 1.807) is 17.5 Å². The van der Waals surface area contributed by atoms with E-state index in [0.717, 1.165) is 17.0 Å². The summed E-state index contributed by atoms with van der Waals surface area (Å²) in [6, 6.07) is 10.8. The third-order valence-electron chi connectivity index (χ3n) is 4.64. The first kappa shape index (κ1) is 16.5. The fourth-order valence-electron chi connectivity index (χ4n) is 3.31. The van der Waals surface area contributed by atoms with Gasteiger partial charge in [0.05, 0.1) is 10.6 Å². The molecule has 0 unspecified atom stereocenters. The van der Waals surface area contributed by atoms with Gasteiger partial charge in [0.1, 0.15) is 16.3 Å². The van der Waals surface area contributed by atoms with Gasteiger partial charge in [-0.2, -0.15) is 9.61 Å². The predicted octanol–water partition coefficient (Wildman–Crippen LogP) is 3.69. The molecule has 0 saturated carbocycles. The van der Waals surface area contributed by atoms with Crippen molar-refractivity contribution in [3.8, 4) is 22.1 Å². The van der Waals surface area contributed by atoms with Gasteiger partial charge in [-0.3, -0.25) is 14.5 Å². The zero-order valence-electron chi connectivity index (χ0n) is 14.9. The maximum Gasteiger partial charge on any atom is 0.273 e. The molecular formula is C18H13N7O2S. The Hall–Kier alpha value is -3.66. The van der Waals surface area contributed by atoms with Crippen molar-refractivity contribution in [2.75, 3.05) is 0 Å². The molecule has 0 fully saturated rings. The van der Waals surface area contributed by atoms with Gasteiger partial charge in [0.15, 0.2) is 0 Å². The number of aromatic nitrogens is 6. The van der Waals surface area contributed by atoms with E-state index in [-0.39, 0.29) is 10.6 Å². The average molecular weight is 391 g/mol. The van der Waals surface area contributed by atoms with Crippen LogP contribution >= 0.6 is 11.3 Å². The summed E-state index contributed by atoms with van der Waals surface area (Å²) in [5.74, 6) is 0.580. The zero-order chi connectivity index (χ0) is 19.4. The predicted molar refractivity (Wildman–Crippen MR) is 104 cm³/mol. The van der Waals surface area contributed by atoms with Gasteiger partial charge in [0.2, 0.25) is 10.8 Å². The largest absolute Gasteiger partial charge is 0.297 e. The smallest absolute Gasteiger partial charge is 0.273 e. The van der Waals surface area contributed by atoms with Crippen LogP contribution in [0.4, 0.5) is 5.69 Å². The Labute approximate surface area is 162 Å². The number of pyridine rings is 1. The lowest BCUT2D eigenvalue weighted by Crippen LogP contribution is -1.97. The van der Waals surface area contributed by atoms with Gasteiger partial charge in [-0.25, -0.2) is 4.98 Å². The molecule has 5 aromatic rings. The first-order valence-corrected chi connectivity index (χ1v) is 9.27. The molecule has 0 aliphatic rings. The fourth-order valence-corrected chi connectivity index (χ4v) is 4.23. The van der Waals surface area contributed by atoms with Crippen molar-refractivity contribution in [3.05, 3.63) is 64.0 Å². The van der Waals surface area contributed by atoms with Crippen molar-refractivity contribution in [1.29, 1.82) is 0 Å². The maximum atomic E-state index is 11.3. The van der Waals surface area contributed by atoms with Crippen LogP contribution in [-0.4, -0.2) is 34.1 Å². The van der Waals surface area contributed by atoms with E-state index in [0.29, 0.717) is 26.9 Å². The van der Waals surface area contributed by atoms with Crippen LogP contribution in [0, 0.1) is 24.0 Å². The van der Waals surface area contributed by atoms with Crippen LogP contribution in [-0.2, 0) is 0 Å². The molecule has 0 radical (unpaired) electrons. The standard InChI is InChI=1S/C18H13N7O2S/c1-10-12(6-5-7-13(10)25(26)27)17-22-24-16(20-21-18(24)28-17)15-11(2)19-14-8-3-4-9-23(14)15/h3-9H,1-2H3. The summed E-state index contributed by atoms with van der Waals surface area (Å²) in [4.78, 5) is 16.0. The number of aryl methyl sites for hydroxylation is 1. The molecule has 5 rings (SSSR count). The number of nitrogens with zero attached hydrogens (tertiary/aromatic N) is 7. The van der Waals surface area contributed by atoms with Crippen molar-refractivity contribution in [2.45, 2.75) is 13.8 Å². The van der Waals surface area contributed by atoms with Crippen LogP contribution in [0.5, 0.6) is 0 Å². The van der Waals surface area contributed by atoms with Gasteiger partial charge in [-0.15, -0.1) is 10.2 Å². The van der Waals surface area contributed by atoms with E-state index in [1.807, 2.05) is 41.8 Å². The van der Waals surface area contributed by atoms with Crippen molar-refractivity contribution in [3.63, 3.8) is 0 Å². The number of nitro benzene ring substituents is 1. The van der Waals surface area contributed by atoms with Crippen LogP contribution in [0.2, 0.25) is 0 Å². The second kappa shape index (κ2) is 5.92. The molecule has 4 aromatic heterocycles. The lowest BCUT2D eigenvalue weighted by atomic mass is 10.1. The Kier molecular flexibility index (Phi) is 3.49. The van der Waals surface area contributed by atoms with Crippen LogP contribution < -0.4 is 0 Å². The molecule has 0 atom stereocenters. The van der Waals surface area contributed by atoms with Gasteiger partial charge in [-0.05, 0) is 26.0 Å². The number of benzene rings is 1. The zero-order valence-corrected chi connectivity index (χ0v) is 15.7.